The van der Waals surface area contributed by atoms with E-state index in [4.69, 9.17) is 11.6 Å². The van der Waals surface area contributed by atoms with Crippen molar-refractivity contribution in [3.05, 3.63) is 29.3 Å². The van der Waals surface area contributed by atoms with E-state index in [0.717, 1.165) is 18.9 Å². The first-order valence-corrected chi connectivity index (χ1v) is 11.3. The van der Waals surface area contributed by atoms with Gasteiger partial charge in [-0.05, 0) is 43.9 Å². The maximum absolute atomic E-state index is 12.7. The fourth-order valence-electron chi connectivity index (χ4n) is 4.01. The van der Waals surface area contributed by atoms with E-state index < -0.39 is 26.2 Å². The summed E-state index contributed by atoms with van der Waals surface area (Å²) in [5.74, 6) is 1.03. The van der Waals surface area contributed by atoms with Crippen LogP contribution in [0, 0.1) is 17.8 Å². The standard InChI is InChI=1S/C15H18ClN3O4S2/c1-17-24(20,21)13-7-14-12(6-11(13)16)18-15(19-25(14,22)23)10-5-8-2-3-9(10)4-8/h2-3,6-10,15,17-19H,4-5H2,1H3. The minimum absolute atomic E-state index is 0.0238. The molecule has 7 nitrogen and oxygen atoms in total. The Morgan fingerprint density at radius 1 is 1.24 bits per heavy atom. The molecule has 136 valence electrons. The van der Waals surface area contributed by atoms with Gasteiger partial charge >= 0.3 is 0 Å². The Hall–Kier alpha value is -1.13. The van der Waals surface area contributed by atoms with Crippen molar-refractivity contribution in [1.29, 1.82) is 0 Å². The Bertz CT molecular complexity index is 975. The second-order valence-corrected chi connectivity index (χ2v) is 10.6. The normalized spacial score (nSPS) is 32.4. The van der Waals surface area contributed by atoms with Crippen molar-refractivity contribution in [2.45, 2.75) is 28.8 Å². The molecule has 10 heteroatoms. The zero-order valence-electron chi connectivity index (χ0n) is 13.4. The monoisotopic (exact) mass is 403 g/mol. The molecule has 1 aliphatic heterocycles. The SMILES string of the molecule is CNS(=O)(=O)c1cc2c(cc1Cl)NC(C1CC3C=CC1C3)NS2(=O)=O. The molecule has 3 N–H and O–H groups in total. The van der Waals surface area contributed by atoms with Crippen LogP contribution in [0.3, 0.4) is 0 Å². The molecule has 4 rings (SSSR count). The molecule has 1 heterocycles. The highest BCUT2D eigenvalue weighted by molar-refractivity contribution is 7.90. The number of hydrogen-bond donors (Lipinski definition) is 3. The lowest BCUT2D eigenvalue weighted by atomic mass is 9.91. The van der Waals surface area contributed by atoms with E-state index >= 15 is 0 Å². The first-order valence-electron chi connectivity index (χ1n) is 7.95. The maximum Gasteiger partial charge on any atom is 0.244 e. The van der Waals surface area contributed by atoms with Crippen LogP contribution in [0.5, 0.6) is 0 Å². The summed E-state index contributed by atoms with van der Waals surface area (Å²) in [5, 5.41) is 3.17. The number of halogens is 1. The van der Waals surface area contributed by atoms with Crippen molar-refractivity contribution in [2.75, 3.05) is 12.4 Å². The number of benzene rings is 1. The van der Waals surface area contributed by atoms with E-state index in [1.165, 1.54) is 13.1 Å². The number of allylic oxidation sites excluding steroid dienone is 2. The van der Waals surface area contributed by atoms with Crippen LogP contribution < -0.4 is 14.8 Å². The summed E-state index contributed by atoms with van der Waals surface area (Å²) >= 11 is 6.10. The van der Waals surface area contributed by atoms with Crippen molar-refractivity contribution in [3.8, 4) is 0 Å². The summed E-state index contributed by atoms with van der Waals surface area (Å²) in [4.78, 5) is -0.371. The van der Waals surface area contributed by atoms with Gasteiger partial charge in [-0.25, -0.2) is 21.6 Å². The molecular weight excluding hydrogens is 386 g/mol. The van der Waals surface area contributed by atoms with Gasteiger partial charge in [0, 0.05) is 5.92 Å². The molecule has 0 amide bonds. The minimum atomic E-state index is -3.86. The van der Waals surface area contributed by atoms with Crippen molar-refractivity contribution < 1.29 is 16.8 Å². The number of rotatable bonds is 3. The third kappa shape index (κ3) is 2.78. The minimum Gasteiger partial charge on any atom is -0.368 e. The van der Waals surface area contributed by atoms with Crippen LogP contribution in [-0.2, 0) is 20.0 Å². The van der Waals surface area contributed by atoms with Gasteiger partial charge in [0.05, 0.1) is 16.9 Å². The quantitative estimate of drug-likeness (QED) is 0.663. The first-order chi connectivity index (χ1) is 11.7. The van der Waals surface area contributed by atoms with Gasteiger partial charge in [0.1, 0.15) is 9.79 Å². The van der Waals surface area contributed by atoms with Crippen LogP contribution >= 0.6 is 11.6 Å². The van der Waals surface area contributed by atoms with Crippen molar-refractivity contribution in [3.63, 3.8) is 0 Å². The van der Waals surface area contributed by atoms with Crippen molar-refractivity contribution >= 4 is 37.3 Å². The van der Waals surface area contributed by atoms with Crippen LogP contribution in [0.2, 0.25) is 5.02 Å². The molecule has 4 unspecified atom stereocenters. The lowest BCUT2D eigenvalue weighted by Gasteiger charge is -2.35. The Labute approximate surface area is 151 Å². The summed E-state index contributed by atoms with van der Waals surface area (Å²) in [6.45, 7) is 0. The molecule has 4 atom stereocenters. The lowest BCUT2D eigenvalue weighted by Crippen LogP contribution is -2.50. The number of nitrogens with one attached hydrogen (secondary N) is 3. The molecule has 3 aliphatic rings. The van der Waals surface area contributed by atoms with Crippen LogP contribution in [0.25, 0.3) is 0 Å². The Morgan fingerprint density at radius 3 is 2.60 bits per heavy atom. The van der Waals surface area contributed by atoms with Gasteiger partial charge in [0.25, 0.3) is 0 Å². The molecule has 1 aromatic rings. The van der Waals surface area contributed by atoms with Crippen LogP contribution in [-0.4, -0.2) is 30.0 Å². The van der Waals surface area contributed by atoms with Crippen LogP contribution in [0.4, 0.5) is 5.69 Å². The highest BCUT2D eigenvalue weighted by atomic mass is 35.5. The average molecular weight is 404 g/mol. The van der Waals surface area contributed by atoms with Crippen LogP contribution in [0.1, 0.15) is 12.8 Å². The molecule has 0 spiro atoms. The summed E-state index contributed by atoms with van der Waals surface area (Å²) in [6, 6.07) is 2.46. The van der Waals surface area contributed by atoms with Crippen molar-refractivity contribution in [1.82, 2.24) is 9.44 Å². The van der Waals surface area contributed by atoms with Gasteiger partial charge in [0.15, 0.2) is 0 Å². The predicted molar refractivity (Wildman–Crippen MR) is 94.3 cm³/mol. The number of fused-ring (bicyclic) bond motifs is 3. The Morgan fingerprint density at radius 2 is 2.00 bits per heavy atom. The van der Waals surface area contributed by atoms with Gasteiger partial charge in [-0.15, -0.1) is 0 Å². The highest BCUT2D eigenvalue weighted by Gasteiger charge is 2.44. The van der Waals surface area contributed by atoms with E-state index in [9.17, 15) is 16.8 Å². The predicted octanol–water partition coefficient (Wildman–Crippen LogP) is 1.49. The average Bonchev–Trinajstić information content (AvgIpc) is 3.16. The zero-order chi connectivity index (χ0) is 18.0. The molecule has 0 aromatic heterocycles. The molecule has 2 bridgehead atoms. The zero-order valence-corrected chi connectivity index (χ0v) is 15.7. The molecule has 1 fully saturated rings. The second kappa shape index (κ2) is 5.68. The maximum atomic E-state index is 12.7. The number of sulfonamides is 2. The fourth-order valence-corrected chi connectivity index (χ4v) is 6.74. The topological polar surface area (TPSA) is 104 Å². The van der Waals surface area contributed by atoms with E-state index in [1.54, 1.807) is 0 Å². The summed E-state index contributed by atoms with van der Waals surface area (Å²) in [7, 11) is -6.46. The van der Waals surface area contributed by atoms with Crippen molar-refractivity contribution in [2.24, 2.45) is 17.8 Å². The smallest absolute Gasteiger partial charge is 0.244 e. The van der Waals surface area contributed by atoms with Gasteiger partial charge < -0.3 is 5.32 Å². The van der Waals surface area contributed by atoms with Gasteiger partial charge in [-0.3, -0.25) is 0 Å². The fraction of sp³-hybridized carbons (Fsp3) is 0.467. The van der Waals surface area contributed by atoms with Gasteiger partial charge in [-0.1, -0.05) is 23.8 Å². The number of hydrogen-bond acceptors (Lipinski definition) is 5. The highest BCUT2D eigenvalue weighted by Crippen LogP contribution is 2.46. The van der Waals surface area contributed by atoms with Gasteiger partial charge in [-0.2, -0.15) is 4.72 Å². The third-order valence-corrected chi connectivity index (χ3v) is 8.59. The largest absolute Gasteiger partial charge is 0.368 e. The molecular formula is C15H18ClN3O4S2. The molecule has 0 saturated heterocycles. The molecule has 1 aromatic carbocycles. The summed E-state index contributed by atoms with van der Waals surface area (Å²) in [5.41, 5.74) is 0.329. The van der Waals surface area contributed by atoms with Gasteiger partial charge in [0.2, 0.25) is 20.0 Å². The second-order valence-electron chi connectivity index (χ2n) is 6.67. The third-order valence-electron chi connectivity index (χ3n) is 5.23. The Kier molecular flexibility index (Phi) is 3.93. The van der Waals surface area contributed by atoms with E-state index in [1.807, 2.05) is 0 Å². The van der Waals surface area contributed by atoms with E-state index in [-0.39, 0.29) is 20.7 Å². The summed E-state index contributed by atoms with van der Waals surface area (Å²) in [6.07, 6.45) is 5.90. The Balaban J connectivity index is 1.75. The molecule has 25 heavy (non-hydrogen) atoms. The van der Waals surface area contributed by atoms with E-state index in [2.05, 4.69) is 26.9 Å². The number of anilines is 1. The molecule has 0 radical (unpaired) electrons. The summed E-state index contributed by atoms with van der Waals surface area (Å²) < 4.78 is 54.3. The molecule has 2 aliphatic carbocycles. The first kappa shape index (κ1) is 17.3. The van der Waals surface area contributed by atoms with E-state index in [0.29, 0.717) is 17.5 Å². The lowest BCUT2D eigenvalue weighted by molar-refractivity contribution is 0.363. The molecule has 1 saturated carbocycles. The van der Waals surface area contributed by atoms with Crippen LogP contribution in [0.15, 0.2) is 34.1 Å².